The molecule has 8 heteroatoms. The maximum absolute atomic E-state index is 10.4. The molecule has 102 valence electrons. The normalized spacial score (nSPS) is 11.1. The van der Waals surface area contributed by atoms with E-state index in [9.17, 15) is 4.79 Å². The standard InChI is InChI=1S/C11H14N4O2S2/c1-7(2)15-5-3-8(14-15)10-12-13-11(19-10)18-6-4-9(16)17/h3,5,7H,4,6H2,1-2H3,(H,16,17). The largest absolute Gasteiger partial charge is 0.481 e. The number of hydrogen-bond acceptors (Lipinski definition) is 6. The molecule has 0 radical (unpaired) electrons. The second-order valence-electron chi connectivity index (χ2n) is 4.14. The average Bonchev–Trinajstić information content (AvgIpc) is 2.95. The molecule has 1 N–H and O–H groups in total. The maximum atomic E-state index is 10.4. The van der Waals surface area contributed by atoms with Crippen LogP contribution in [0.25, 0.3) is 10.7 Å². The van der Waals surface area contributed by atoms with Crippen LogP contribution in [0.1, 0.15) is 26.3 Å². The van der Waals surface area contributed by atoms with Crippen LogP contribution in [0.2, 0.25) is 0 Å². The molecule has 2 rings (SSSR count). The second kappa shape index (κ2) is 6.16. The number of nitrogens with zero attached hydrogens (tertiary/aromatic N) is 4. The molecule has 2 heterocycles. The van der Waals surface area contributed by atoms with Gasteiger partial charge in [0.15, 0.2) is 9.35 Å². The Hall–Kier alpha value is -1.41. The van der Waals surface area contributed by atoms with Crippen molar-refractivity contribution in [1.82, 2.24) is 20.0 Å². The first kappa shape index (κ1) is 14.0. The summed E-state index contributed by atoms with van der Waals surface area (Å²) in [6, 6.07) is 2.22. The predicted molar refractivity (Wildman–Crippen MR) is 74.5 cm³/mol. The van der Waals surface area contributed by atoms with Gasteiger partial charge < -0.3 is 5.11 Å². The topological polar surface area (TPSA) is 80.9 Å². The maximum Gasteiger partial charge on any atom is 0.304 e. The minimum Gasteiger partial charge on any atom is -0.481 e. The van der Waals surface area contributed by atoms with E-state index in [1.54, 1.807) is 0 Å². The summed E-state index contributed by atoms with van der Waals surface area (Å²) in [5.74, 6) is -0.294. The summed E-state index contributed by atoms with van der Waals surface area (Å²) in [6.45, 7) is 4.12. The van der Waals surface area contributed by atoms with Crippen molar-refractivity contribution < 1.29 is 9.90 Å². The van der Waals surface area contributed by atoms with Crippen LogP contribution in [0.15, 0.2) is 16.6 Å². The third kappa shape index (κ3) is 3.77. The van der Waals surface area contributed by atoms with Crippen molar-refractivity contribution in [3.63, 3.8) is 0 Å². The SMILES string of the molecule is CC(C)n1ccc(-c2nnc(SCCC(=O)O)s2)n1. The molecule has 19 heavy (non-hydrogen) atoms. The molecule has 0 saturated heterocycles. The van der Waals surface area contributed by atoms with Gasteiger partial charge in [-0.15, -0.1) is 10.2 Å². The van der Waals surface area contributed by atoms with E-state index in [0.29, 0.717) is 11.8 Å². The van der Waals surface area contributed by atoms with E-state index < -0.39 is 5.97 Å². The van der Waals surface area contributed by atoms with Crippen LogP contribution in [0, 0.1) is 0 Å². The summed E-state index contributed by atoms with van der Waals surface area (Å²) in [5.41, 5.74) is 0.802. The zero-order chi connectivity index (χ0) is 13.8. The van der Waals surface area contributed by atoms with Gasteiger partial charge in [-0.05, 0) is 19.9 Å². The number of carbonyl (C=O) groups is 1. The van der Waals surface area contributed by atoms with Crippen LogP contribution in [0.3, 0.4) is 0 Å². The van der Waals surface area contributed by atoms with E-state index >= 15 is 0 Å². The summed E-state index contributed by atoms with van der Waals surface area (Å²) in [7, 11) is 0. The summed E-state index contributed by atoms with van der Waals surface area (Å²) in [5, 5.41) is 21.9. The summed E-state index contributed by atoms with van der Waals surface area (Å²) < 4.78 is 2.64. The first-order chi connectivity index (χ1) is 9.06. The molecule has 2 aromatic rings. The Morgan fingerprint density at radius 2 is 2.32 bits per heavy atom. The minimum absolute atomic E-state index is 0.127. The van der Waals surface area contributed by atoms with Gasteiger partial charge in [-0.1, -0.05) is 23.1 Å². The summed E-state index contributed by atoms with van der Waals surface area (Å²) >= 11 is 2.84. The third-order valence-electron chi connectivity index (χ3n) is 2.30. The Morgan fingerprint density at radius 3 is 2.95 bits per heavy atom. The van der Waals surface area contributed by atoms with Crippen molar-refractivity contribution in [1.29, 1.82) is 0 Å². The van der Waals surface area contributed by atoms with E-state index in [1.807, 2.05) is 16.9 Å². The van der Waals surface area contributed by atoms with Gasteiger partial charge in [-0.25, -0.2) is 0 Å². The minimum atomic E-state index is -0.798. The monoisotopic (exact) mass is 298 g/mol. The molecule has 0 unspecified atom stereocenters. The molecule has 0 aliphatic rings. The molecule has 6 nitrogen and oxygen atoms in total. The molecular formula is C11H14N4O2S2. The van der Waals surface area contributed by atoms with Crippen molar-refractivity contribution in [2.24, 2.45) is 0 Å². The Labute approximate surface area is 118 Å². The fourth-order valence-electron chi connectivity index (χ4n) is 1.34. The van der Waals surface area contributed by atoms with Gasteiger partial charge in [-0.3, -0.25) is 9.48 Å². The quantitative estimate of drug-likeness (QED) is 0.825. The highest BCUT2D eigenvalue weighted by Gasteiger charge is 2.11. The van der Waals surface area contributed by atoms with Crippen LogP contribution in [-0.2, 0) is 4.79 Å². The lowest BCUT2D eigenvalue weighted by atomic mass is 10.4. The highest BCUT2D eigenvalue weighted by Crippen LogP contribution is 2.28. The second-order valence-corrected chi connectivity index (χ2v) is 6.46. The van der Waals surface area contributed by atoms with E-state index in [2.05, 4.69) is 29.1 Å². The first-order valence-corrected chi connectivity index (χ1v) is 7.60. The summed E-state index contributed by atoms with van der Waals surface area (Å²) in [4.78, 5) is 10.4. The Bertz CT molecular complexity index is 565. The number of hydrogen-bond donors (Lipinski definition) is 1. The van der Waals surface area contributed by atoms with E-state index in [0.717, 1.165) is 15.0 Å². The number of aromatic nitrogens is 4. The van der Waals surface area contributed by atoms with Crippen molar-refractivity contribution in [2.45, 2.75) is 30.6 Å². The molecule has 0 bridgehead atoms. The highest BCUT2D eigenvalue weighted by molar-refractivity contribution is 8.01. The van der Waals surface area contributed by atoms with Crippen LogP contribution in [0.5, 0.6) is 0 Å². The van der Waals surface area contributed by atoms with E-state index in [4.69, 9.17) is 5.11 Å². The fraction of sp³-hybridized carbons (Fsp3) is 0.455. The van der Waals surface area contributed by atoms with Crippen molar-refractivity contribution >= 4 is 29.1 Å². The van der Waals surface area contributed by atoms with Gasteiger partial charge in [0.1, 0.15) is 5.69 Å². The Kier molecular flexibility index (Phi) is 4.54. The van der Waals surface area contributed by atoms with Crippen molar-refractivity contribution in [3.8, 4) is 10.7 Å². The number of aliphatic carboxylic acids is 1. The molecule has 0 saturated carbocycles. The molecule has 0 aliphatic carbocycles. The van der Waals surface area contributed by atoms with Gasteiger partial charge in [0.25, 0.3) is 0 Å². The van der Waals surface area contributed by atoms with Gasteiger partial charge in [0.05, 0.1) is 6.42 Å². The van der Waals surface area contributed by atoms with Gasteiger partial charge >= 0.3 is 5.97 Å². The molecule has 2 aromatic heterocycles. The Morgan fingerprint density at radius 1 is 1.53 bits per heavy atom. The lowest BCUT2D eigenvalue weighted by Gasteiger charge is -2.02. The molecule has 0 aliphatic heterocycles. The van der Waals surface area contributed by atoms with Gasteiger partial charge in [-0.2, -0.15) is 5.10 Å². The highest BCUT2D eigenvalue weighted by atomic mass is 32.2. The fourth-order valence-corrected chi connectivity index (χ4v) is 3.15. The predicted octanol–water partition coefficient (Wildman–Crippen LogP) is 2.55. The van der Waals surface area contributed by atoms with Crippen LogP contribution in [0.4, 0.5) is 0 Å². The summed E-state index contributed by atoms with van der Waals surface area (Å²) in [6.07, 6.45) is 2.04. The van der Waals surface area contributed by atoms with Crippen LogP contribution >= 0.6 is 23.1 Å². The first-order valence-electron chi connectivity index (χ1n) is 5.80. The number of thioether (sulfide) groups is 1. The number of carboxylic acids is 1. The van der Waals surface area contributed by atoms with E-state index in [-0.39, 0.29) is 6.42 Å². The average molecular weight is 298 g/mol. The molecule has 0 amide bonds. The van der Waals surface area contributed by atoms with Crippen LogP contribution < -0.4 is 0 Å². The van der Waals surface area contributed by atoms with Crippen molar-refractivity contribution in [2.75, 3.05) is 5.75 Å². The molecule has 0 atom stereocenters. The van der Waals surface area contributed by atoms with Gasteiger partial charge in [0.2, 0.25) is 0 Å². The zero-order valence-electron chi connectivity index (χ0n) is 10.6. The van der Waals surface area contributed by atoms with Gasteiger partial charge in [0, 0.05) is 18.0 Å². The molecular weight excluding hydrogens is 284 g/mol. The number of rotatable bonds is 6. The third-order valence-corrected chi connectivity index (χ3v) is 4.39. The smallest absolute Gasteiger partial charge is 0.304 e. The molecule has 0 spiro atoms. The molecule has 0 aromatic carbocycles. The molecule has 0 fully saturated rings. The van der Waals surface area contributed by atoms with Crippen molar-refractivity contribution in [3.05, 3.63) is 12.3 Å². The Balaban J connectivity index is 2.01. The van der Waals surface area contributed by atoms with E-state index in [1.165, 1.54) is 23.1 Å². The lowest BCUT2D eigenvalue weighted by molar-refractivity contribution is -0.136. The number of carboxylic acid groups (broad SMARTS) is 1. The lowest BCUT2D eigenvalue weighted by Crippen LogP contribution is -2.00. The van der Waals surface area contributed by atoms with Crippen LogP contribution in [-0.4, -0.2) is 36.8 Å². The zero-order valence-corrected chi connectivity index (χ0v) is 12.2.